The molecule has 3 rings (SSSR count). The van der Waals surface area contributed by atoms with Crippen molar-refractivity contribution in [1.29, 1.82) is 0 Å². The minimum Gasteiger partial charge on any atom is -0.351 e. The zero-order chi connectivity index (χ0) is 19.4. The molecule has 0 saturated heterocycles. The van der Waals surface area contributed by atoms with Crippen LogP contribution in [0.3, 0.4) is 0 Å². The van der Waals surface area contributed by atoms with Gasteiger partial charge >= 0.3 is 0 Å². The second-order valence-corrected chi connectivity index (χ2v) is 8.16. The topological polar surface area (TPSA) is 61.0 Å². The normalized spacial score (nSPS) is 11.9. The van der Waals surface area contributed by atoms with Gasteiger partial charge in [-0.1, -0.05) is 38.1 Å². The van der Waals surface area contributed by atoms with Gasteiger partial charge in [-0.3, -0.25) is 4.79 Å². The number of nitrogens with one attached hydrogen (secondary N) is 2. The van der Waals surface area contributed by atoms with E-state index < -0.39 is 0 Å². The van der Waals surface area contributed by atoms with Gasteiger partial charge < -0.3 is 15.2 Å². The summed E-state index contributed by atoms with van der Waals surface area (Å²) in [5, 5.41) is 3.05. The number of aromatic amines is 1. The molecule has 0 aliphatic rings. The molecule has 2 N–H and O–H groups in total. The van der Waals surface area contributed by atoms with E-state index in [0.717, 1.165) is 29.0 Å². The van der Waals surface area contributed by atoms with E-state index >= 15 is 0 Å². The van der Waals surface area contributed by atoms with Crippen LogP contribution in [0.25, 0.3) is 11.0 Å². The molecule has 0 aliphatic carbocycles. The molecule has 0 aliphatic heterocycles. The monoisotopic (exact) mass is 364 g/mol. The molecule has 5 heteroatoms. The fourth-order valence-electron chi connectivity index (χ4n) is 3.39. The van der Waals surface area contributed by atoms with Crippen LogP contribution in [0.15, 0.2) is 48.5 Å². The number of H-pyrrole nitrogens is 1. The van der Waals surface area contributed by atoms with Crippen LogP contribution >= 0.6 is 0 Å². The average Bonchev–Trinajstić information content (AvgIpc) is 3.01. The highest BCUT2D eigenvalue weighted by atomic mass is 16.1. The van der Waals surface area contributed by atoms with E-state index in [4.69, 9.17) is 0 Å². The Morgan fingerprint density at radius 1 is 1.11 bits per heavy atom. The molecule has 5 nitrogen and oxygen atoms in total. The van der Waals surface area contributed by atoms with Crippen LogP contribution in [-0.2, 0) is 6.42 Å². The van der Waals surface area contributed by atoms with Gasteiger partial charge in [0.2, 0.25) is 0 Å². The number of nitrogens with zero attached hydrogens (tertiary/aromatic N) is 2. The molecule has 1 heterocycles. The number of benzene rings is 2. The fraction of sp³-hybridized carbons (Fsp3) is 0.364. The van der Waals surface area contributed by atoms with E-state index in [1.807, 2.05) is 62.6 Å². The van der Waals surface area contributed by atoms with Crippen molar-refractivity contribution >= 4 is 16.9 Å². The zero-order valence-corrected chi connectivity index (χ0v) is 16.5. The third kappa shape index (κ3) is 5.17. The first-order chi connectivity index (χ1) is 12.8. The molecule has 142 valence electrons. The second-order valence-electron chi connectivity index (χ2n) is 8.16. The number of amides is 1. The Balaban J connectivity index is 1.60. The molecular formula is C22H28N4O. The van der Waals surface area contributed by atoms with Crippen LogP contribution < -0.4 is 5.32 Å². The van der Waals surface area contributed by atoms with Gasteiger partial charge in [0, 0.05) is 25.1 Å². The van der Waals surface area contributed by atoms with Gasteiger partial charge in [-0.2, -0.15) is 0 Å². The van der Waals surface area contributed by atoms with Crippen molar-refractivity contribution in [1.82, 2.24) is 20.2 Å². The van der Waals surface area contributed by atoms with E-state index in [2.05, 4.69) is 34.0 Å². The summed E-state index contributed by atoms with van der Waals surface area (Å²) in [6, 6.07) is 15.8. The van der Waals surface area contributed by atoms with Gasteiger partial charge in [0.25, 0.3) is 5.91 Å². The van der Waals surface area contributed by atoms with Gasteiger partial charge in [-0.25, -0.2) is 4.98 Å². The maximum atomic E-state index is 12.4. The number of imidazole rings is 1. The maximum Gasteiger partial charge on any atom is 0.251 e. The lowest BCUT2D eigenvalue weighted by molar-refractivity contribution is 0.0929. The number of aromatic nitrogens is 2. The number of para-hydroxylation sites is 2. The largest absolute Gasteiger partial charge is 0.351 e. The SMILES string of the molecule is CN(C)CC(C)(C)CNC(=O)c1ccc(Cc2nc3ccccc3[nH]2)cc1. The van der Waals surface area contributed by atoms with Crippen LogP contribution in [0.5, 0.6) is 0 Å². The lowest BCUT2D eigenvalue weighted by Gasteiger charge is -2.28. The summed E-state index contributed by atoms with van der Waals surface area (Å²) in [5.41, 5.74) is 3.86. The summed E-state index contributed by atoms with van der Waals surface area (Å²) in [7, 11) is 4.09. The van der Waals surface area contributed by atoms with Crippen molar-refractivity contribution in [2.24, 2.45) is 5.41 Å². The molecule has 0 radical (unpaired) electrons. The van der Waals surface area contributed by atoms with E-state index in [-0.39, 0.29) is 11.3 Å². The highest BCUT2D eigenvalue weighted by Gasteiger charge is 2.20. The molecule has 1 aromatic heterocycles. The van der Waals surface area contributed by atoms with Crippen molar-refractivity contribution in [3.63, 3.8) is 0 Å². The summed E-state index contributed by atoms with van der Waals surface area (Å²) in [6.07, 6.45) is 0.715. The quantitative estimate of drug-likeness (QED) is 0.675. The number of fused-ring (bicyclic) bond motifs is 1. The molecule has 0 atom stereocenters. The van der Waals surface area contributed by atoms with Gasteiger partial charge in [-0.05, 0) is 49.3 Å². The molecule has 27 heavy (non-hydrogen) atoms. The van der Waals surface area contributed by atoms with Crippen LogP contribution in [-0.4, -0.2) is 48.0 Å². The van der Waals surface area contributed by atoms with E-state index in [1.165, 1.54) is 0 Å². The third-order valence-corrected chi connectivity index (χ3v) is 4.50. The Kier molecular flexibility index (Phi) is 5.61. The van der Waals surface area contributed by atoms with Crippen molar-refractivity contribution < 1.29 is 4.79 Å². The average molecular weight is 364 g/mol. The second kappa shape index (κ2) is 7.92. The lowest BCUT2D eigenvalue weighted by atomic mass is 9.93. The summed E-state index contributed by atoms with van der Waals surface area (Å²) >= 11 is 0. The number of rotatable bonds is 7. The zero-order valence-electron chi connectivity index (χ0n) is 16.5. The molecule has 0 bridgehead atoms. The number of hydrogen-bond donors (Lipinski definition) is 2. The van der Waals surface area contributed by atoms with Gasteiger partial charge in [0.05, 0.1) is 11.0 Å². The predicted molar refractivity (Wildman–Crippen MR) is 110 cm³/mol. The minimum atomic E-state index is -0.0304. The Labute approximate surface area is 160 Å². The Bertz CT molecular complexity index is 876. The molecule has 3 aromatic rings. The number of hydrogen-bond acceptors (Lipinski definition) is 3. The molecule has 0 saturated carbocycles. The first kappa shape index (κ1) is 19.1. The van der Waals surface area contributed by atoms with Crippen LogP contribution in [0.1, 0.15) is 35.6 Å². The summed E-state index contributed by atoms with van der Waals surface area (Å²) in [6.45, 7) is 5.88. The number of carbonyl (C=O) groups is 1. The standard InChI is InChI=1S/C22H28N4O/c1-22(2,15-26(3)4)14-23-21(27)17-11-9-16(10-12-17)13-20-24-18-7-5-6-8-19(18)25-20/h5-12H,13-15H2,1-4H3,(H,23,27)(H,24,25). The number of carbonyl (C=O) groups excluding carboxylic acids is 1. The smallest absolute Gasteiger partial charge is 0.251 e. The van der Waals surface area contributed by atoms with Crippen LogP contribution in [0, 0.1) is 5.41 Å². The molecule has 2 aromatic carbocycles. The third-order valence-electron chi connectivity index (χ3n) is 4.50. The van der Waals surface area contributed by atoms with Crippen molar-refractivity contribution in [3.05, 3.63) is 65.5 Å². The lowest BCUT2D eigenvalue weighted by Crippen LogP contribution is -2.39. The summed E-state index contributed by atoms with van der Waals surface area (Å²) < 4.78 is 0. The van der Waals surface area contributed by atoms with Gasteiger partial charge in [0.1, 0.15) is 5.82 Å². The van der Waals surface area contributed by atoms with Crippen LogP contribution in [0.2, 0.25) is 0 Å². The first-order valence-corrected chi connectivity index (χ1v) is 9.28. The van der Waals surface area contributed by atoms with E-state index in [1.54, 1.807) is 0 Å². The summed E-state index contributed by atoms with van der Waals surface area (Å²) in [4.78, 5) is 22.5. The molecule has 0 unspecified atom stereocenters. The Morgan fingerprint density at radius 3 is 2.48 bits per heavy atom. The molecule has 0 spiro atoms. The highest BCUT2D eigenvalue weighted by molar-refractivity contribution is 5.94. The Morgan fingerprint density at radius 2 is 1.81 bits per heavy atom. The van der Waals surface area contributed by atoms with Gasteiger partial charge in [-0.15, -0.1) is 0 Å². The first-order valence-electron chi connectivity index (χ1n) is 9.28. The summed E-state index contributed by atoms with van der Waals surface area (Å²) in [5.74, 6) is 0.899. The molecule has 0 fully saturated rings. The predicted octanol–water partition coefficient (Wildman–Crippen LogP) is 3.47. The van der Waals surface area contributed by atoms with Crippen molar-refractivity contribution in [3.8, 4) is 0 Å². The Hall–Kier alpha value is -2.66. The fourth-order valence-corrected chi connectivity index (χ4v) is 3.39. The van der Waals surface area contributed by atoms with Crippen LogP contribution in [0.4, 0.5) is 0 Å². The van der Waals surface area contributed by atoms with Gasteiger partial charge in [0.15, 0.2) is 0 Å². The molecular weight excluding hydrogens is 336 g/mol. The van der Waals surface area contributed by atoms with E-state index in [9.17, 15) is 4.79 Å². The highest BCUT2D eigenvalue weighted by Crippen LogP contribution is 2.16. The van der Waals surface area contributed by atoms with Crippen molar-refractivity contribution in [2.45, 2.75) is 20.3 Å². The maximum absolute atomic E-state index is 12.4. The van der Waals surface area contributed by atoms with E-state index in [0.29, 0.717) is 18.5 Å². The molecule has 1 amide bonds. The van der Waals surface area contributed by atoms with Crippen molar-refractivity contribution in [2.75, 3.05) is 27.2 Å². The minimum absolute atomic E-state index is 0.0282.